The van der Waals surface area contributed by atoms with Crippen LogP contribution >= 0.6 is 0 Å². The van der Waals surface area contributed by atoms with Crippen molar-refractivity contribution >= 4 is 0 Å². The molecule has 0 saturated heterocycles. The van der Waals surface area contributed by atoms with Crippen LogP contribution < -0.4 is 0 Å². The zero-order chi connectivity index (χ0) is 11.3. The lowest BCUT2D eigenvalue weighted by Gasteiger charge is -2.22. The first-order chi connectivity index (χ1) is 7.13. The number of hydrogen-bond acceptors (Lipinski definition) is 2. The molecule has 1 atom stereocenters. The standard InChI is InChI=1S/C13H18N2/c1-11-5-4-6-13(9-11)10-15(3)12(2)7-8-14/h4-6,9,12H,7,10H2,1-3H3. The average molecular weight is 202 g/mol. The predicted molar refractivity (Wildman–Crippen MR) is 62.3 cm³/mol. The summed E-state index contributed by atoms with van der Waals surface area (Å²) in [6, 6.07) is 11.0. The first-order valence-corrected chi connectivity index (χ1v) is 5.26. The van der Waals surface area contributed by atoms with Gasteiger partial charge in [-0.05, 0) is 26.5 Å². The largest absolute Gasteiger partial charge is 0.298 e. The number of rotatable bonds is 4. The van der Waals surface area contributed by atoms with Crippen LogP contribution in [0.1, 0.15) is 24.5 Å². The molecule has 0 aliphatic rings. The molecule has 0 aliphatic carbocycles. The van der Waals surface area contributed by atoms with Gasteiger partial charge >= 0.3 is 0 Å². The van der Waals surface area contributed by atoms with Crippen LogP contribution in [-0.2, 0) is 6.54 Å². The molecule has 2 nitrogen and oxygen atoms in total. The number of aryl methyl sites for hydroxylation is 1. The Bertz CT molecular complexity index is 352. The molecule has 0 saturated carbocycles. The van der Waals surface area contributed by atoms with E-state index >= 15 is 0 Å². The van der Waals surface area contributed by atoms with Gasteiger partial charge in [-0.2, -0.15) is 5.26 Å². The summed E-state index contributed by atoms with van der Waals surface area (Å²) in [6.45, 7) is 5.09. The lowest BCUT2D eigenvalue weighted by atomic mass is 10.1. The molecule has 0 radical (unpaired) electrons. The first-order valence-electron chi connectivity index (χ1n) is 5.26. The minimum absolute atomic E-state index is 0.315. The first kappa shape index (κ1) is 11.7. The molecular weight excluding hydrogens is 184 g/mol. The molecule has 2 heteroatoms. The number of benzene rings is 1. The molecule has 1 rings (SSSR count). The van der Waals surface area contributed by atoms with Gasteiger partial charge in [-0.3, -0.25) is 4.90 Å². The van der Waals surface area contributed by atoms with E-state index in [2.05, 4.69) is 56.1 Å². The van der Waals surface area contributed by atoms with Crippen LogP contribution in [0.3, 0.4) is 0 Å². The second-order valence-electron chi connectivity index (χ2n) is 4.12. The van der Waals surface area contributed by atoms with Crippen molar-refractivity contribution in [1.29, 1.82) is 5.26 Å². The Kier molecular flexibility index (Phi) is 4.33. The van der Waals surface area contributed by atoms with E-state index in [0.29, 0.717) is 12.5 Å². The van der Waals surface area contributed by atoms with Gasteiger partial charge in [0.05, 0.1) is 12.5 Å². The van der Waals surface area contributed by atoms with Gasteiger partial charge in [0.15, 0.2) is 0 Å². The fourth-order valence-corrected chi connectivity index (χ4v) is 1.54. The van der Waals surface area contributed by atoms with Crippen LogP contribution in [0.5, 0.6) is 0 Å². The van der Waals surface area contributed by atoms with Crippen molar-refractivity contribution in [3.63, 3.8) is 0 Å². The quantitative estimate of drug-likeness (QED) is 0.750. The lowest BCUT2D eigenvalue weighted by Crippen LogP contribution is -2.28. The molecular formula is C13H18N2. The molecule has 0 N–H and O–H groups in total. The van der Waals surface area contributed by atoms with Gasteiger partial charge in [0.25, 0.3) is 0 Å². The maximum atomic E-state index is 8.62. The highest BCUT2D eigenvalue weighted by Gasteiger charge is 2.08. The van der Waals surface area contributed by atoms with E-state index in [9.17, 15) is 0 Å². The van der Waals surface area contributed by atoms with Crippen molar-refractivity contribution in [3.8, 4) is 6.07 Å². The van der Waals surface area contributed by atoms with E-state index in [1.54, 1.807) is 0 Å². The van der Waals surface area contributed by atoms with Gasteiger partial charge in [-0.1, -0.05) is 29.8 Å². The summed E-state index contributed by atoms with van der Waals surface area (Å²) in [4.78, 5) is 2.21. The van der Waals surface area contributed by atoms with Crippen LogP contribution in [0.15, 0.2) is 24.3 Å². The molecule has 0 fully saturated rings. The molecule has 0 heterocycles. The van der Waals surface area contributed by atoms with Gasteiger partial charge in [-0.15, -0.1) is 0 Å². The van der Waals surface area contributed by atoms with Gasteiger partial charge in [-0.25, -0.2) is 0 Å². The van der Waals surface area contributed by atoms with E-state index in [1.165, 1.54) is 11.1 Å². The summed E-state index contributed by atoms with van der Waals surface area (Å²) in [6.07, 6.45) is 0.586. The third kappa shape index (κ3) is 3.73. The zero-order valence-electron chi connectivity index (χ0n) is 9.70. The Balaban J connectivity index is 2.58. The summed E-state index contributed by atoms with van der Waals surface area (Å²) in [7, 11) is 2.06. The van der Waals surface area contributed by atoms with Crippen molar-refractivity contribution in [2.75, 3.05) is 7.05 Å². The normalized spacial score (nSPS) is 12.5. The molecule has 80 valence electrons. The van der Waals surface area contributed by atoms with Gasteiger partial charge in [0.2, 0.25) is 0 Å². The molecule has 1 aromatic carbocycles. The maximum absolute atomic E-state index is 8.62. The summed E-state index contributed by atoms with van der Waals surface area (Å²) >= 11 is 0. The molecule has 0 aliphatic heterocycles. The number of nitriles is 1. The number of nitrogens with zero attached hydrogens (tertiary/aromatic N) is 2. The minimum Gasteiger partial charge on any atom is -0.298 e. The Morgan fingerprint density at radius 2 is 2.20 bits per heavy atom. The fourth-order valence-electron chi connectivity index (χ4n) is 1.54. The van der Waals surface area contributed by atoms with Crippen molar-refractivity contribution in [3.05, 3.63) is 35.4 Å². The fraction of sp³-hybridized carbons (Fsp3) is 0.462. The van der Waals surface area contributed by atoms with Crippen molar-refractivity contribution in [1.82, 2.24) is 4.90 Å². The van der Waals surface area contributed by atoms with Crippen LogP contribution in [0.25, 0.3) is 0 Å². The van der Waals surface area contributed by atoms with Crippen molar-refractivity contribution in [2.24, 2.45) is 0 Å². The Morgan fingerprint density at radius 1 is 1.47 bits per heavy atom. The topological polar surface area (TPSA) is 27.0 Å². The highest BCUT2D eigenvalue weighted by molar-refractivity contribution is 5.22. The average Bonchev–Trinajstić information content (AvgIpc) is 2.18. The van der Waals surface area contributed by atoms with Crippen LogP contribution in [-0.4, -0.2) is 18.0 Å². The molecule has 15 heavy (non-hydrogen) atoms. The summed E-state index contributed by atoms with van der Waals surface area (Å²) in [5.41, 5.74) is 2.59. The third-order valence-corrected chi connectivity index (χ3v) is 2.65. The number of hydrogen-bond donors (Lipinski definition) is 0. The molecule has 1 unspecified atom stereocenters. The maximum Gasteiger partial charge on any atom is 0.0638 e. The van der Waals surface area contributed by atoms with E-state index in [-0.39, 0.29) is 0 Å². The Morgan fingerprint density at radius 3 is 2.80 bits per heavy atom. The Labute approximate surface area is 92.1 Å². The Hall–Kier alpha value is -1.33. The lowest BCUT2D eigenvalue weighted by molar-refractivity contribution is 0.252. The van der Waals surface area contributed by atoms with Crippen molar-refractivity contribution in [2.45, 2.75) is 32.9 Å². The van der Waals surface area contributed by atoms with Gasteiger partial charge in [0.1, 0.15) is 0 Å². The zero-order valence-corrected chi connectivity index (χ0v) is 9.70. The van der Waals surface area contributed by atoms with Gasteiger partial charge in [0, 0.05) is 12.6 Å². The summed E-state index contributed by atoms with van der Waals surface area (Å²) in [5, 5.41) is 8.62. The van der Waals surface area contributed by atoms with Crippen molar-refractivity contribution < 1.29 is 0 Å². The molecule has 1 aromatic rings. The smallest absolute Gasteiger partial charge is 0.0638 e. The van der Waals surface area contributed by atoms with Gasteiger partial charge < -0.3 is 0 Å². The summed E-state index contributed by atoms with van der Waals surface area (Å²) in [5.74, 6) is 0. The SMILES string of the molecule is Cc1cccc(CN(C)C(C)CC#N)c1. The molecule has 0 amide bonds. The van der Waals surface area contributed by atoms with Crippen LogP contribution in [0.4, 0.5) is 0 Å². The predicted octanol–water partition coefficient (Wildman–Crippen LogP) is 2.73. The second kappa shape index (κ2) is 5.53. The van der Waals surface area contributed by atoms with Crippen LogP contribution in [0.2, 0.25) is 0 Å². The highest BCUT2D eigenvalue weighted by Crippen LogP contribution is 2.09. The minimum atomic E-state index is 0.315. The highest BCUT2D eigenvalue weighted by atomic mass is 15.1. The third-order valence-electron chi connectivity index (χ3n) is 2.65. The second-order valence-corrected chi connectivity index (χ2v) is 4.12. The van der Waals surface area contributed by atoms with E-state index < -0.39 is 0 Å². The van der Waals surface area contributed by atoms with Crippen LogP contribution in [0, 0.1) is 18.3 Å². The molecule has 0 bridgehead atoms. The van der Waals surface area contributed by atoms with E-state index in [0.717, 1.165) is 6.54 Å². The molecule has 0 spiro atoms. The monoisotopic (exact) mass is 202 g/mol. The van der Waals surface area contributed by atoms with E-state index in [1.807, 2.05) is 0 Å². The summed E-state index contributed by atoms with van der Waals surface area (Å²) < 4.78 is 0. The van der Waals surface area contributed by atoms with E-state index in [4.69, 9.17) is 5.26 Å². The molecule has 0 aromatic heterocycles.